The molecule has 0 bridgehead atoms. The largest absolute Gasteiger partial charge is 0.285 e. The lowest BCUT2D eigenvalue weighted by Crippen LogP contribution is -1.91. The van der Waals surface area contributed by atoms with Gasteiger partial charge >= 0.3 is 0 Å². The number of rotatable bonds is 1. The normalized spacial score (nSPS) is 10.5. The highest BCUT2D eigenvalue weighted by atomic mass is 79.9. The van der Waals surface area contributed by atoms with Crippen LogP contribution >= 0.6 is 15.9 Å². The number of halogens is 1. The van der Waals surface area contributed by atoms with Crippen LogP contribution < -0.4 is 0 Å². The van der Waals surface area contributed by atoms with Gasteiger partial charge in [-0.05, 0) is 22.0 Å². The highest BCUT2D eigenvalue weighted by Crippen LogP contribution is 2.20. The first-order valence-corrected chi connectivity index (χ1v) is 4.25. The second-order valence-corrected chi connectivity index (χ2v) is 3.28. The molecule has 0 aliphatic rings. The summed E-state index contributed by atoms with van der Waals surface area (Å²) in [4.78, 5) is 0. The predicted octanol–water partition coefficient (Wildman–Crippen LogP) is 1.57. The Balaban J connectivity index is 2.54. The molecule has 62 valence electrons. The van der Waals surface area contributed by atoms with Crippen LogP contribution in [-0.4, -0.2) is 20.0 Å². The first kappa shape index (κ1) is 7.54. The first-order chi connectivity index (χ1) is 5.77. The number of hydrogen-bond donors (Lipinski definition) is 1. The molecule has 0 aliphatic carbocycles. The van der Waals surface area contributed by atoms with Crippen molar-refractivity contribution in [2.45, 2.75) is 0 Å². The zero-order valence-corrected chi connectivity index (χ0v) is 8.04. The second kappa shape index (κ2) is 2.75. The highest BCUT2D eigenvalue weighted by molar-refractivity contribution is 9.10. The van der Waals surface area contributed by atoms with E-state index in [1.54, 1.807) is 10.9 Å². The molecule has 0 amide bonds. The molecule has 0 radical (unpaired) electrons. The van der Waals surface area contributed by atoms with E-state index < -0.39 is 0 Å². The molecule has 0 spiro atoms. The summed E-state index contributed by atoms with van der Waals surface area (Å²) < 4.78 is 2.63. The molecule has 12 heavy (non-hydrogen) atoms. The zero-order chi connectivity index (χ0) is 8.55. The summed E-state index contributed by atoms with van der Waals surface area (Å²) in [6.45, 7) is 0. The van der Waals surface area contributed by atoms with E-state index in [2.05, 4.69) is 31.2 Å². The number of aromatic amines is 1. The summed E-state index contributed by atoms with van der Waals surface area (Å²) in [6.07, 6.45) is 3.60. The zero-order valence-electron chi connectivity index (χ0n) is 6.45. The monoisotopic (exact) mass is 226 g/mol. The van der Waals surface area contributed by atoms with E-state index in [4.69, 9.17) is 0 Å². The minimum Gasteiger partial charge on any atom is -0.285 e. The van der Waals surface area contributed by atoms with E-state index >= 15 is 0 Å². The summed E-state index contributed by atoms with van der Waals surface area (Å²) in [5.74, 6) is 0. The molecular formula is C7H7BrN4. The average Bonchev–Trinajstić information content (AvgIpc) is 2.58. The van der Waals surface area contributed by atoms with Crippen LogP contribution in [0.3, 0.4) is 0 Å². The van der Waals surface area contributed by atoms with Crippen molar-refractivity contribution in [3.63, 3.8) is 0 Å². The van der Waals surface area contributed by atoms with Crippen LogP contribution in [0.5, 0.6) is 0 Å². The van der Waals surface area contributed by atoms with Gasteiger partial charge in [0.2, 0.25) is 0 Å². The van der Waals surface area contributed by atoms with Crippen molar-refractivity contribution in [1.82, 2.24) is 20.0 Å². The molecule has 2 aromatic heterocycles. The molecule has 2 aromatic rings. The van der Waals surface area contributed by atoms with Gasteiger partial charge in [-0.2, -0.15) is 10.2 Å². The van der Waals surface area contributed by atoms with E-state index in [-0.39, 0.29) is 0 Å². The van der Waals surface area contributed by atoms with E-state index in [0.717, 1.165) is 15.9 Å². The number of aromatic nitrogens is 4. The molecule has 0 aromatic carbocycles. The number of aryl methyl sites for hydroxylation is 1. The molecule has 0 unspecified atom stereocenters. The van der Waals surface area contributed by atoms with Crippen LogP contribution in [0.25, 0.3) is 11.3 Å². The molecule has 1 N–H and O–H groups in total. The van der Waals surface area contributed by atoms with E-state index in [1.165, 1.54) is 0 Å². The van der Waals surface area contributed by atoms with Crippen LogP contribution in [0, 0.1) is 0 Å². The van der Waals surface area contributed by atoms with Gasteiger partial charge in [-0.25, -0.2) is 0 Å². The number of nitrogens with one attached hydrogen (secondary N) is 1. The Kier molecular flexibility index (Phi) is 1.73. The van der Waals surface area contributed by atoms with Crippen molar-refractivity contribution in [3.8, 4) is 11.3 Å². The first-order valence-electron chi connectivity index (χ1n) is 3.46. The van der Waals surface area contributed by atoms with Gasteiger partial charge in [0.1, 0.15) is 4.60 Å². The van der Waals surface area contributed by atoms with Crippen molar-refractivity contribution < 1.29 is 0 Å². The molecule has 5 heteroatoms. The van der Waals surface area contributed by atoms with Crippen LogP contribution in [-0.2, 0) is 7.05 Å². The maximum absolute atomic E-state index is 4.16. The maximum Gasteiger partial charge on any atom is 0.128 e. The van der Waals surface area contributed by atoms with Crippen molar-refractivity contribution in [2.24, 2.45) is 7.05 Å². The van der Waals surface area contributed by atoms with Crippen molar-refractivity contribution in [3.05, 3.63) is 23.1 Å². The fraction of sp³-hybridized carbons (Fsp3) is 0.143. The van der Waals surface area contributed by atoms with Gasteiger partial charge in [-0.3, -0.25) is 9.78 Å². The SMILES string of the molecule is Cn1nc(Br)cc1-c1cn[nH]c1. The average molecular weight is 227 g/mol. The van der Waals surface area contributed by atoms with Gasteiger partial charge in [0, 0.05) is 18.8 Å². The van der Waals surface area contributed by atoms with E-state index in [1.807, 2.05) is 19.3 Å². The molecule has 0 aliphatic heterocycles. The van der Waals surface area contributed by atoms with Crippen LogP contribution in [0.1, 0.15) is 0 Å². The molecule has 2 heterocycles. The highest BCUT2D eigenvalue weighted by Gasteiger charge is 2.05. The molecular weight excluding hydrogens is 220 g/mol. The van der Waals surface area contributed by atoms with E-state index in [0.29, 0.717) is 0 Å². The Hall–Kier alpha value is -1.10. The third-order valence-corrected chi connectivity index (χ3v) is 2.03. The molecule has 4 nitrogen and oxygen atoms in total. The van der Waals surface area contributed by atoms with Crippen molar-refractivity contribution >= 4 is 15.9 Å². The van der Waals surface area contributed by atoms with Crippen molar-refractivity contribution in [2.75, 3.05) is 0 Å². The van der Waals surface area contributed by atoms with Gasteiger partial charge in [-0.15, -0.1) is 0 Å². The summed E-state index contributed by atoms with van der Waals surface area (Å²) in [5.41, 5.74) is 2.08. The lowest BCUT2D eigenvalue weighted by atomic mass is 10.3. The third-order valence-electron chi connectivity index (χ3n) is 1.64. The fourth-order valence-corrected chi connectivity index (χ4v) is 1.55. The predicted molar refractivity (Wildman–Crippen MR) is 48.5 cm³/mol. The Bertz CT molecular complexity index is 376. The molecule has 0 saturated heterocycles. The van der Waals surface area contributed by atoms with Gasteiger partial charge in [0.15, 0.2) is 0 Å². The Morgan fingerprint density at radius 1 is 1.58 bits per heavy atom. The molecule has 0 saturated carbocycles. The van der Waals surface area contributed by atoms with Gasteiger partial charge in [0.25, 0.3) is 0 Å². The van der Waals surface area contributed by atoms with Crippen LogP contribution in [0.2, 0.25) is 0 Å². The summed E-state index contributed by atoms with van der Waals surface area (Å²) in [7, 11) is 1.90. The number of hydrogen-bond acceptors (Lipinski definition) is 2. The topological polar surface area (TPSA) is 46.5 Å². The summed E-state index contributed by atoms with van der Waals surface area (Å²) in [6, 6.07) is 1.95. The standard InChI is InChI=1S/C7H7BrN4/c1-12-6(2-7(8)11-12)5-3-9-10-4-5/h2-4H,1H3,(H,9,10). The van der Waals surface area contributed by atoms with Gasteiger partial charge in [0.05, 0.1) is 11.9 Å². The maximum atomic E-state index is 4.16. The number of nitrogens with zero attached hydrogens (tertiary/aromatic N) is 3. The Labute approximate surface area is 77.7 Å². The van der Waals surface area contributed by atoms with Gasteiger partial charge < -0.3 is 0 Å². The second-order valence-electron chi connectivity index (χ2n) is 2.46. The Morgan fingerprint density at radius 2 is 2.42 bits per heavy atom. The van der Waals surface area contributed by atoms with Gasteiger partial charge in [-0.1, -0.05) is 0 Å². The van der Waals surface area contributed by atoms with Crippen LogP contribution in [0.4, 0.5) is 0 Å². The number of H-pyrrole nitrogens is 1. The lowest BCUT2D eigenvalue weighted by Gasteiger charge is -1.94. The summed E-state index contributed by atoms with van der Waals surface area (Å²) >= 11 is 3.31. The minimum absolute atomic E-state index is 0.834. The molecule has 2 rings (SSSR count). The van der Waals surface area contributed by atoms with Crippen molar-refractivity contribution in [1.29, 1.82) is 0 Å². The molecule has 0 atom stereocenters. The molecule has 0 fully saturated rings. The smallest absolute Gasteiger partial charge is 0.128 e. The Morgan fingerprint density at radius 3 is 2.92 bits per heavy atom. The van der Waals surface area contributed by atoms with E-state index in [9.17, 15) is 0 Å². The summed E-state index contributed by atoms with van der Waals surface area (Å²) in [5, 5.41) is 10.8. The third kappa shape index (κ3) is 1.16. The van der Waals surface area contributed by atoms with Crippen LogP contribution in [0.15, 0.2) is 23.1 Å². The fourth-order valence-electron chi connectivity index (χ4n) is 1.09. The lowest BCUT2D eigenvalue weighted by molar-refractivity contribution is 0.768. The quantitative estimate of drug-likeness (QED) is 0.803. The minimum atomic E-state index is 0.834.